The fourth-order valence-corrected chi connectivity index (χ4v) is 1.25. The molecule has 4 N–H and O–H groups in total. The molecule has 1 saturated heterocycles. The van der Waals surface area contributed by atoms with Gasteiger partial charge in [-0.1, -0.05) is 0 Å². The van der Waals surface area contributed by atoms with Gasteiger partial charge in [-0.05, 0) is 13.3 Å². The summed E-state index contributed by atoms with van der Waals surface area (Å²) in [7, 11) is 0. The minimum Gasteiger partial charge on any atom is -0.394 e. The maximum atomic E-state index is 9.29. The van der Waals surface area contributed by atoms with Crippen LogP contribution in [0.4, 0.5) is 0 Å². The molecule has 0 aromatic carbocycles. The van der Waals surface area contributed by atoms with Crippen molar-refractivity contribution in [1.82, 2.24) is 0 Å². The largest absolute Gasteiger partial charge is 0.394 e. The number of ether oxygens (including phenoxy) is 1. The molecule has 0 radical (unpaired) electrons. The first-order chi connectivity index (χ1) is 5.15. The molecular weight excluding hydrogens is 146 g/mol. The van der Waals surface area contributed by atoms with Crippen LogP contribution in [0, 0.1) is 0 Å². The summed E-state index contributed by atoms with van der Waals surface area (Å²) < 4.78 is 5.23. The summed E-state index contributed by atoms with van der Waals surface area (Å²) in [6.07, 6.45) is -0.640. The molecule has 0 aromatic rings. The summed E-state index contributed by atoms with van der Waals surface area (Å²) >= 11 is 0. The van der Waals surface area contributed by atoms with Crippen LogP contribution in [0.5, 0.6) is 0 Å². The maximum absolute atomic E-state index is 9.29. The van der Waals surface area contributed by atoms with Gasteiger partial charge in [0.15, 0.2) is 0 Å². The van der Waals surface area contributed by atoms with Gasteiger partial charge in [0, 0.05) is 6.04 Å². The van der Waals surface area contributed by atoms with E-state index >= 15 is 0 Å². The van der Waals surface area contributed by atoms with Crippen molar-refractivity contribution in [2.24, 2.45) is 5.73 Å². The second kappa shape index (κ2) is 3.49. The minimum atomic E-state index is -0.619. The monoisotopic (exact) mass is 161 g/mol. The number of aliphatic hydroxyl groups excluding tert-OH is 2. The summed E-state index contributed by atoms with van der Waals surface area (Å²) in [6, 6.07) is -0.118. The summed E-state index contributed by atoms with van der Waals surface area (Å²) in [5.41, 5.74) is 5.62. The van der Waals surface area contributed by atoms with Gasteiger partial charge >= 0.3 is 0 Å². The van der Waals surface area contributed by atoms with Crippen LogP contribution in [-0.2, 0) is 4.74 Å². The van der Waals surface area contributed by atoms with E-state index in [1.807, 2.05) is 6.92 Å². The first kappa shape index (κ1) is 8.93. The predicted molar refractivity (Wildman–Crippen MR) is 40.0 cm³/mol. The topological polar surface area (TPSA) is 75.7 Å². The summed E-state index contributed by atoms with van der Waals surface area (Å²) in [4.78, 5) is 0. The maximum Gasteiger partial charge on any atom is 0.107 e. The third-order valence-corrected chi connectivity index (χ3v) is 2.12. The Hall–Kier alpha value is -0.160. The van der Waals surface area contributed by atoms with Gasteiger partial charge in [-0.3, -0.25) is 0 Å². The van der Waals surface area contributed by atoms with E-state index in [2.05, 4.69) is 0 Å². The van der Waals surface area contributed by atoms with Gasteiger partial charge in [-0.15, -0.1) is 0 Å². The molecule has 4 heteroatoms. The first-order valence-corrected chi connectivity index (χ1v) is 3.85. The van der Waals surface area contributed by atoms with Gasteiger partial charge in [0.05, 0.1) is 18.8 Å². The van der Waals surface area contributed by atoms with Crippen molar-refractivity contribution >= 4 is 0 Å². The highest BCUT2D eigenvalue weighted by Gasteiger charge is 2.32. The van der Waals surface area contributed by atoms with Gasteiger partial charge in [0.25, 0.3) is 0 Å². The molecule has 66 valence electrons. The van der Waals surface area contributed by atoms with E-state index in [0.29, 0.717) is 6.42 Å². The smallest absolute Gasteiger partial charge is 0.107 e. The van der Waals surface area contributed by atoms with Gasteiger partial charge in [-0.2, -0.15) is 0 Å². The average molecular weight is 161 g/mol. The molecule has 0 unspecified atom stereocenters. The van der Waals surface area contributed by atoms with E-state index in [0.717, 1.165) is 0 Å². The molecule has 0 spiro atoms. The number of hydrogen-bond acceptors (Lipinski definition) is 4. The molecule has 1 rings (SSSR count). The van der Waals surface area contributed by atoms with Crippen molar-refractivity contribution in [2.75, 3.05) is 6.61 Å². The van der Waals surface area contributed by atoms with Crippen LogP contribution in [0.1, 0.15) is 13.3 Å². The zero-order valence-electron chi connectivity index (χ0n) is 6.60. The van der Waals surface area contributed by atoms with Crippen LogP contribution >= 0.6 is 0 Å². The lowest BCUT2D eigenvalue weighted by Gasteiger charge is -2.35. The number of hydrogen-bond donors (Lipinski definition) is 3. The molecule has 0 bridgehead atoms. The van der Waals surface area contributed by atoms with E-state index in [9.17, 15) is 5.11 Å². The normalized spacial score (nSPS) is 45.8. The van der Waals surface area contributed by atoms with Gasteiger partial charge in [0.1, 0.15) is 6.10 Å². The number of aliphatic hydroxyl groups is 2. The van der Waals surface area contributed by atoms with Crippen molar-refractivity contribution in [2.45, 2.75) is 37.7 Å². The van der Waals surface area contributed by atoms with Crippen molar-refractivity contribution in [3.63, 3.8) is 0 Å². The predicted octanol–water partition coefficient (Wildman–Crippen LogP) is -1.16. The highest BCUT2D eigenvalue weighted by atomic mass is 16.5. The molecule has 1 aliphatic rings. The molecule has 1 fully saturated rings. The summed E-state index contributed by atoms with van der Waals surface area (Å²) in [5, 5.41) is 18.0. The summed E-state index contributed by atoms with van der Waals surface area (Å²) in [5.74, 6) is 0. The van der Waals surface area contributed by atoms with Crippen LogP contribution < -0.4 is 5.73 Å². The van der Waals surface area contributed by atoms with Gasteiger partial charge < -0.3 is 20.7 Å². The van der Waals surface area contributed by atoms with Gasteiger partial charge in [-0.25, -0.2) is 0 Å². The highest BCUT2D eigenvalue weighted by molar-refractivity contribution is 4.84. The lowest BCUT2D eigenvalue weighted by Crippen LogP contribution is -2.51. The van der Waals surface area contributed by atoms with Crippen LogP contribution in [0.3, 0.4) is 0 Å². The van der Waals surface area contributed by atoms with Crippen molar-refractivity contribution in [3.8, 4) is 0 Å². The van der Waals surface area contributed by atoms with Crippen LogP contribution in [0.15, 0.2) is 0 Å². The van der Waals surface area contributed by atoms with Crippen LogP contribution in [0.2, 0.25) is 0 Å². The van der Waals surface area contributed by atoms with Crippen LogP contribution in [0.25, 0.3) is 0 Å². The molecule has 11 heavy (non-hydrogen) atoms. The number of nitrogens with two attached hydrogens (primary N) is 1. The number of rotatable bonds is 1. The molecule has 0 aliphatic carbocycles. The quantitative estimate of drug-likeness (QED) is 0.453. The van der Waals surface area contributed by atoms with E-state index in [1.54, 1.807) is 0 Å². The van der Waals surface area contributed by atoms with Crippen LogP contribution in [-0.4, -0.2) is 41.2 Å². The van der Waals surface area contributed by atoms with E-state index in [-0.39, 0.29) is 18.8 Å². The molecule has 0 amide bonds. The second-order valence-electron chi connectivity index (χ2n) is 3.03. The third-order valence-electron chi connectivity index (χ3n) is 2.12. The molecule has 4 nitrogen and oxygen atoms in total. The lowest BCUT2D eigenvalue weighted by atomic mass is 9.98. The standard InChI is InChI=1S/C7H15NO3/c1-4-5(8)2-6(10)7(3-9)11-4/h4-7,9-10H,2-3,8H2,1H3/t4-,5-,6+,7-/m1/s1. The Balaban J connectivity index is 2.48. The highest BCUT2D eigenvalue weighted by Crippen LogP contribution is 2.17. The van der Waals surface area contributed by atoms with Crippen molar-refractivity contribution in [1.29, 1.82) is 0 Å². The average Bonchev–Trinajstić information content (AvgIpc) is 1.97. The summed E-state index contributed by atoms with van der Waals surface area (Å²) in [6.45, 7) is 1.71. The van der Waals surface area contributed by atoms with E-state index in [4.69, 9.17) is 15.6 Å². The van der Waals surface area contributed by atoms with E-state index < -0.39 is 12.2 Å². The third kappa shape index (κ3) is 1.90. The van der Waals surface area contributed by atoms with E-state index in [1.165, 1.54) is 0 Å². The lowest BCUT2D eigenvalue weighted by molar-refractivity contribution is -0.135. The Morgan fingerprint density at radius 1 is 1.64 bits per heavy atom. The molecule has 0 aromatic heterocycles. The zero-order chi connectivity index (χ0) is 8.43. The SMILES string of the molecule is C[C@H]1O[C@H](CO)[C@@H](O)C[C@H]1N. The minimum absolute atomic E-state index is 0.0736. The van der Waals surface area contributed by atoms with Gasteiger partial charge in [0.2, 0.25) is 0 Å². The second-order valence-corrected chi connectivity index (χ2v) is 3.03. The fraction of sp³-hybridized carbons (Fsp3) is 1.00. The van der Waals surface area contributed by atoms with Crippen molar-refractivity contribution < 1.29 is 14.9 Å². The molecule has 0 saturated carbocycles. The Morgan fingerprint density at radius 3 is 2.82 bits per heavy atom. The molecule has 4 atom stereocenters. The van der Waals surface area contributed by atoms with Crippen molar-refractivity contribution in [3.05, 3.63) is 0 Å². The zero-order valence-corrected chi connectivity index (χ0v) is 6.60. The Bertz CT molecular complexity index is 131. The molecular formula is C7H15NO3. The molecule has 1 heterocycles. The Labute approximate surface area is 66.0 Å². The fourth-order valence-electron chi connectivity index (χ4n) is 1.25. The first-order valence-electron chi connectivity index (χ1n) is 3.85. The Kier molecular flexibility index (Phi) is 2.84. The molecule has 1 aliphatic heterocycles. The Morgan fingerprint density at radius 2 is 2.27 bits per heavy atom.